The van der Waals surface area contributed by atoms with Crippen molar-refractivity contribution in [2.75, 3.05) is 0 Å². The normalized spacial score (nSPS) is 32.3. The first kappa shape index (κ1) is 34.4. The molecule has 2 aromatic carbocycles. The van der Waals surface area contributed by atoms with Crippen LogP contribution in [0, 0.1) is 42.4 Å². The van der Waals surface area contributed by atoms with Crippen LogP contribution >= 0.6 is 0 Å². The van der Waals surface area contributed by atoms with E-state index in [1.165, 1.54) is 140 Å². The van der Waals surface area contributed by atoms with Gasteiger partial charge in [-0.2, -0.15) is 0 Å². The van der Waals surface area contributed by atoms with E-state index in [0.29, 0.717) is 11.5 Å². The fourth-order valence-corrected chi connectivity index (χ4v) is 9.43. The number of benzene rings is 2. The van der Waals surface area contributed by atoms with Gasteiger partial charge in [-0.15, -0.1) is 0 Å². The fraction of sp³-hybridized carbons (Fsp3) is 0.721. The van der Waals surface area contributed by atoms with E-state index < -0.39 is 0 Å². The average Bonchev–Trinajstić information content (AvgIpc) is 3.07. The predicted molar refractivity (Wildman–Crippen MR) is 191 cm³/mol. The van der Waals surface area contributed by atoms with Crippen molar-refractivity contribution in [1.82, 2.24) is 0 Å². The maximum absolute atomic E-state index is 9.69. The van der Waals surface area contributed by atoms with Crippen LogP contribution in [0.15, 0.2) is 42.5 Å². The Morgan fingerprint density at radius 1 is 0.467 bits per heavy atom. The molecule has 0 radical (unpaired) electrons. The van der Waals surface area contributed by atoms with Crippen molar-refractivity contribution in [2.24, 2.45) is 35.5 Å². The molecule has 6 rings (SSSR count). The highest BCUT2D eigenvalue weighted by Gasteiger charge is 2.26. The maximum atomic E-state index is 9.69. The number of phenolic OH excluding ortho intramolecular Hbond substituents is 2. The van der Waals surface area contributed by atoms with E-state index in [0.717, 1.165) is 52.9 Å². The lowest BCUT2D eigenvalue weighted by Gasteiger charge is -2.31. The molecule has 0 atom stereocenters. The smallest absolute Gasteiger partial charge is 0.118 e. The summed E-state index contributed by atoms with van der Waals surface area (Å²) < 4.78 is 0. The minimum Gasteiger partial charge on any atom is -0.508 e. The lowest BCUT2D eigenvalue weighted by Crippen LogP contribution is -2.17. The molecule has 4 aliphatic rings. The van der Waals surface area contributed by atoms with Crippen LogP contribution in [0.5, 0.6) is 11.5 Å². The van der Waals surface area contributed by atoms with Gasteiger partial charge in [0.2, 0.25) is 0 Å². The van der Waals surface area contributed by atoms with Crippen LogP contribution in [0.1, 0.15) is 171 Å². The number of hydrogen-bond acceptors (Lipinski definition) is 2. The van der Waals surface area contributed by atoms with Gasteiger partial charge in [0.15, 0.2) is 0 Å². The van der Waals surface area contributed by atoms with E-state index in [9.17, 15) is 10.2 Å². The summed E-state index contributed by atoms with van der Waals surface area (Å²) in [5, 5.41) is 19.1. The SMILES string of the molecule is CC1CCC(CCC2CCC(c3ccc(O)cc3)CC2)CC1.Cc1cc(C2CCC(CCC3CCC(C)CC3)CC2)ccc1O. The molecule has 0 bridgehead atoms. The monoisotopic (exact) mass is 615 g/mol. The molecule has 0 aromatic heterocycles. The molecular formula is C43H66O2. The van der Waals surface area contributed by atoms with Crippen molar-refractivity contribution in [2.45, 2.75) is 161 Å². The molecule has 4 fully saturated rings. The minimum atomic E-state index is 0.388. The second-order valence-electron chi connectivity index (χ2n) is 16.5. The van der Waals surface area contributed by atoms with E-state index >= 15 is 0 Å². The fourth-order valence-electron chi connectivity index (χ4n) is 9.43. The standard InChI is InChI=1S/C22H34O.C21H32O/c1-16-3-5-18(6-4-16)7-8-19-9-11-20(12-10-19)21-13-14-22(23)17(2)15-21;1-16-2-4-17(5-3-16)6-7-18-8-10-19(11-9-18)20-12-14-21(22)15-13-20/h13-16,18-20,23H,3-12H2,1-2H3;12-19,22H,2-11H2,1H3. The number of hydrogen-bond donors (Lipinski definition) is 2. The van der Waals surface area contributed by atoms with Crippen molar-refractivity contribution in [3.05, 3.63) is 59.2 Å². The molecule has 0 saturated heterocycles. The summed E-state index contributed by atoms with van der Waals surface area (Å²) in [6.07, 6.45) is 28.8. The Hall–Kier alpha value is -1.96. The average molecular weight is 615 g/mol. The van der Waals surface area contributed by atoms with Crippen molar-refractivity contribution in [3.63, 3.8) is 0 Å². The van der Waals surface area contributed by atoms with Crippen LogP contribution in [0.3, 0.4) is 0 Å². The van der Waals surface area contributed by atoms with Gasteiger partial charge in [0.1, 0.15) is 11.5 Å². The first-order valence-electron chi connectivity index (χ1n) is 19.4. The third kappa shape index (κ3) is 10.8. The van der Waals surface area contributed by atoms with Crippen LogP contribution in [-0.4, -0.2) is 10.2 Å². The van der Waals surface area contributed by atoms with Gasteiger partial charge >= 0.3 is 0 Å². The van der Waals surface area contributed by atoms with E-state index in [-0.39, 0.29) is 0 Å². The van der Waals surface area contributed by atoms with Crippen LogP contribution in [0.25, 0.3) is 0 Å². The Bertz CT molecular complexity index is 1110. The van der Waals surface area contributed by atoms with Gasteiger partial charge < -0.3 is 10.2 Å². The quantitative estimate of drug-likeness (QED) is 0.310. The summed E-state index contributed by atoms with van der Waals surface area (Å²) in [5.41, 5.74) is 3.90. The Labute approximate surface area is 276 Å². The van der Waals surface area contributed by atoms with E-state index in [1.54, 1.807) is 0 Å². The van der Waals surface area contributed by atoms with Gasteiger partial charge in [-0.3, -0.25) is 0 Å². The summed E-state index contributed by atoms with van der Waals surface area (Å²) in [7, 11) is 0. The zero-order chi connectivity index (χ0) is 31.6. The highest BCUT2D eigenvalue weighted by molar-refractivity contribution is 5.36. The Morgan fingerprint density at radius 3 is 1.22 bits per heavy atom. The van der Waals surface area contributed by atoms with Gasteiger partial charge in [-0.25, -0.2) is 0 Å². The van der Waals surface area contributed by atoms with Crippen molar-refractivity contribution < 1.29 is 10.2 Å². The molecule has 45 heavy (non-hydrogen) atoms. The molecule has 0 unspecified atom stereocenters. The lowest BCUT2D eigenvalue weighted by atomic mass is 9.74. The zero-order valence-electron chi connectivity index (χ0n) is 29.2. The Morgan fingerprint density at radius 2 is 0.822 bits per heavy atom. The summed E-state index contributed by atoms with van der Waals surface area (Å²) in [4.78, 5) is 0. The van der Waals surface area contributed by atoms with Crippen LogP contribution in [-0.2, 0) is 0 Å². The summed E-state index contributed by atoms with van der Waals surface area (Å²) in [5.74, 6) is 8.26. The second-order valence-corrected chi connectivity index (χ2v) is 16.5. The molecule has 2 nitrogen and oxygen atoms in total. The number of aromatic hydroxyl groups is 2. The molecule has 2 aromatic rings. The molecular weight excluding hydrogens is 548 g/mol. The van der Waals surface area contributed by atoms with Crippen molar-refractivity contribution in [3.8, 4) is 11.5 Å². The van der Waals surface area contributed by atoms with Gasteiger partial charge in [0.05, 0.1) is 0 Å². The third-order valence-electron chi connectivity index (χ3n) is 13.0. The maximum Gasteiger partial charge on any atom is 0.118 e. The molecule has 0 amide bonds. The first-order chi connectivity index (χ1) is 21.8. The number of aryl methyl sites for hydroxylation is 1. The molecule has 250 valence electrons. The van der Waals surface area contributed by atoms with E-state index in [2.05, 4.69) is 38.1 Å². The first-order valence-corrected chi connectivity index (χ1v) is 19.4. The molecule has 0 heterocycles. The number of phenols is 2. The van der Waals surface area contributed by atoms with Crippen LogP contribution in [0.2, 0.25) is 0 Å². The van der Waals surface area contributed by atoms with Gasteiger partial charge in [-0.1, -0.05) is 115 Å². The molecule has 2 heteroatoms. The second kappa shape index (κ2) is 17.3. The highest BCUT2D eigenvalue weighted by atomic mass is 16.3. The van der Waals surface area contributed by atoms with E-state index in [1.807, 2.05) is 25.1 Å². The zero-order valence-corrected chi connectivity index (χ0v) is 29.2. The molecule has 4 saturated carbocycles. The Kier molecular flexibility index (Phi) is 13.2. The molecule has 0 aliphatic heterocycles. The molecule has 4 aliphatic carbocycles. The largest absolute Gasteiger partial charge is 0.508 e. The minimum absolute atomic E-state index is 0.388. The van der Waals surface area contributed by atoms with Crippen molar-refractivity contribution in [1.29, 1.82) is 0 Å². The molecule has 0 spiro atoms. The third-order valence-corrected chi connectivity index (χ3v) is 13.0. The van der Waals surface area contributed by atoms with Crippen LogP contribution < -0.4 is 0 Å². The summed E-state index contributed by atoms with van der Waals surface area (Å²) in [6, 6.07) is 14.1. The van der Waals surface area contributed by atoms with Gasteiger partial charge in [0.25, 0.3) is 0 Å². The van der Waals surface area contributed by atoms with Crippen LogP contribution in [0.4, 0.5) is 0 Å². The van der Waals surface area contributed by atoms with Gasteiger partial charge in [-0.05, 0) is 141 Å². The highest BCUT2D eigenvalue weighted by Crippen LogP contribution is 2.41. The van der Waals surface area contributed by atoms with Gasteiger partial charge in [0, 0.05) is 0 Å². The summed E-state index contributed by atoms with van der Waals surface area (Å²) in [6.45, 7) is 6.85. The summed E-state index contributed by atoms with van der Waals surface area (Å²) >= 11 is 0. The lowest BCUT2D eigenvalue weighted by molar-refractivity contribution is 0.237. The Balaban J connectivity index is 0.000000178. The topological polar surface area (TPSA) is 40.5 Å². The van der Waals surface area contributed by atoms with E-state index in [4.69, 9.17) is 0 Å². The molecule has 2 N–H and O–H groups in total. The predicted octanol–water partition coefficient (Wildman–Crippen LogP) is 12.9. The van der Waals surface area contributed by atoms with Crippen molar-refractivity contribution >= 4 is 0 Å². The number of rotatable bonds is 8.